The number of nitrogens with one attached hydrogen (secondary N) is 6. The van der Waals surface area contributed by atoms with E-state index in [9.17, 15) is 9.59 Å². The van der Waals surface area contributed by atoms with E-state index < -0.39 is 0 Å². The Balaban J connectivity index is 0.790. The smallest absolute Gasteiger partial charge is 0.407 e. The van der Waals surface area contributed by atoms with Crippen LogP contribution in [0.2, 0.25) is 0 Å². The lowest BCUT2D eigenvalue weighted by molar-refractivity contribution is -0.0581. The standard InChI is InChI=1S/C73H130N10O4/c1-50(2)18-11-20-52(5)60-26-28-62-58-24-22-54-48-56(30-34-70(54,7)64(58)32-36-72(60,62)9)86-68(84)80-40-15-44-83(47-17-46-82(42-13-38-78-66(74)75)43-14-39-79-67(76)77)45-16-41-81-69(85)87-57-31-35-71(8)55(49-57)23-25-59-63-29-27-61(53(6)21-12-19-51(3)4)73(63,10)37-33-65(59)71/h22-23,50-53,56-65H,11-21,24-49H2,1-10H3,(H,80,84)(H,81,85)(H4,74,75,78)(H4,76,77,79). The van der Waals surface area contributed by atoms with Crippen molar-refractivity contribution in [3.05, 3.63) is 23.3 Å². The van der Waals surface area contributed by atoms with Gasteiger partial charge in [0.15, 0.2) is 11.9 Å². The van der Waals surface area contributed by atoms with E-state index in [4.69, 9.17) is 31.8 Å². The summed E-state index contributed by atoms with van der Waals surface area (Å²) in [6.45, 7) is 32.7. The molecule has 6 saturated carbocycles. The first kappa shape index (κ1) is 69.4. The largest absolute Gasteiger partial charge is 0.446 e. The average Bonchev–Trinajstić information content (AvgIpc) is 1.78. The predicted octanol–water partition coefficient (Wildman–Crippen LogP) is 14.8. The van der Waals surface area contributed by atoms with Gasteiger partial charge in [0.05, 0.1) is 0 Å². The first-order chi connectivity index (χ1) is 41.5. The van der Waals surface area contributed by atoms with Gasteiger partial charge in [0.25, 0.3) is 0 Å². The van der Waals surface area contributed by atoms with Crippen molar-refractivity contribution in [3.8, 4) is 0 Å². The van der Waals surface area contributed by atoms with Crippen LogP contribution in [-0.2, 0) is 9.47 Å². The first-order valence-electron chi connectivity index (χ1n) is 36.4. The number of hydrogen-bond donors (Lipinski definition) is 8. The highest BCUT2D eigenvalue weighted by Crippen LogP contribution is 2.69. The molecule has 14 nitrogen and oxygen atoms in total. The van der Waals surface area contributed by atoms with E-state index in [1.54, 1.807) is 11.1 Å². The molecule has 0 aromatic carbocycles. The van der Waals surface area contributed by atoms with Crippen LogP contribution in [-0.4, -0.2) is 112 Å². The Morgan fingerprint density at radius 3 is 1.23 bits per heavy atom. The summed E-state index contributed by atoms with van der Waals surface area (Å²) in [5, 5.41) is 27.3. The van der Waals surface area contributed by atoms with Crippen LogP contribution in [0.3, 0.4) is 0 Å². The number of nitrogens with two attached hydrogens (primary N) is 2. The van der Waals surface area contributed by atoms with Crippen LogP contribution in [0.25, 0.3) is 0 Å². The van der Waals surface area contributed by atoms with E-state index >= 15 is 0 Å². The van der Waals surface area contributed by atoms with Gasteiger partial charge in [-0.15, -0.1) is 0 Å². The third kappa shape index (κ3) is 17.5. The van der Waals surface area contributed by atoms with E-state index in [-0.39, 0.29) is 47.1 Å². The minimum atomic E-state index is -0.294. The summed E-state index contributed by atoms with van der Waals surface area (Å²) in [5.41, 5.74) is 15.7. The van der Waals surface area contributed by atoms with Crippen LogP contribution in [0.5, 0.6) is 0 Å². The summed E-state index contributed by atoms with van der Waals surface area (Å²) < 4.78 is 12.5. The lowest BCUT2D eigenvalue weighted by Gasteiger charge is -2.58. The van der Waals surface area contributed by atoms with Crippen molar-refractivity contribution in [1.82, 2.24) is 31.1 Å². The number of ether oxygens (including phenoxy) is 2. The van der Waals surface area contributed by atoms with E-state index in [0.717, 1.165) is 181 Å². The minimum absolute atomic E-state index is 0.0107. The molecule has 2 amide bonds. The number of nitrogens with zero attached hydrogens (tertiary/aromatic N) is 2. The zero-order valence-corrected chi connectivity index (χ0v) is 57.1. The molecule has 496 valence electrons. The molecule has 10 N–H and O–H groups in total. The number of allylic oxidation sites excluding steroid dienone is 2. The fourth-order valence-electron chi connectivity index (χ4n) is 21.1. The van der Waals surface area contributed by atoms with Crippen molar-refractivity contribution in [3.63, 3.8) is 0 Å². The molecule has 8 rings (SSSR count). The first-order valence-corrected chi connectivity index (χ1v) is 36.4. The van der Waals surface area contributed by atoms with Gasteiger partial charge >= 0.3 is 12.2 Å². The second kappa shape index (κ2) is 31.7. The number of hydrogen-bond acceptors (Lipinski definition) is 8. The SMILES string of the molecule is CC(C)CCCC(C)C1CCC2C3CC=C4CC(OC(=O)NCCCN(CCCNC(=O)OC5CCC6(C)C(=CCC7C6CCC6(C)C(C(C)CCCC(C)C)CCC76)C5)CCCN(CCCNC(=N)N)CCCNC(=N)N)CCC4(C)C3CCC12C. The molecule has 0 aromatic rings. The van der Waals surface area contributed by atoms with Gasteiger partial charge in [-0.1, -0.05) is 131 Å². The second-order valence-corrected chi connectivity index (χ2v) is 32.1. The maximum atomic E-state index is 13.5. The zero-order chi connectivity index (χ0) is 62.5. The number of fused-ring (bicyclic) bond motifs is 10. The second-order valence-electron chi connectivity index (χ2n) is 32.1. The highest BCUT2D eigenvalue weighted by molar-refractivity contribution is 5.74. The molecule has 0 saturated heterocycles. The Morgan fingerprint density at radius 2 is 0.862 bits per heavy atom. The van der Waals surface area contributed by atoms with Crippen molar-refractivity contribution in [2.45, 2.75) is 255 Å². The van der Waals surface area contributed by atoms with Gasteiger partial charge < -0.3 is 52.0 Å². The number of guanidine groups is 2. The Labute approximate surface area is 530 Å². The van der Waals surface area contributed by atoms with Gasteiger partial charge in [0.1, 0.15) is 12.2 Å². The van der Waals surface area contributed by atoms with Crippen molar-refractivity contribution < 1.29 is 19.1 Å². The van der Waals surface area contributed by atoms with Crippen molar-refractivity contribution in [2.75, 3.05) is 65.4 Å². The molecule has 6 fully saturated rings. The van der Waals surface area contributed by atoms with Crippen LogP contribution in [0.4, 0.5) is 9.59 Å². The van der Waals surface area contributed by atoms with Crippen LogP contribution in [0.1, 0.15) is 243 Å². The number of carbonyl (C=O) groups is 2. The quantitative estimate of drug-likeness (QED) is 0.0138. The van der Waals surface area contributed by atoms with Gasteiger partial charge in [-0.05, 0) is 254 Å². The predicted molar refractivity (Wildman–Crippen MR) is 358 cm³/mol. The molecule has 8 aliphatic rings. The topological polar surface area (TPSA) is 207 Å². The van der Waals surface area contributed by atoms with Gasteiger partial charge in [0, 0.05) is 39.0 Å². The lowest BCUT2D eigenvalue weighted by atomic mass is 9.47. The third-order valence-electron chi connectivity index (χ3n) is 25.8. The van der Waals surface area contributed by atoms with Crippen LogP contribution in [0.15, 0.2) is 23.3 Å². The zero-order valence-electron chi connectivity index (χ0n) is 57.1. The Kier molecular flexibility index (Phi) is 25.3. The Hall–Kier alpha value is -3.52. The molecule has 0 radical (unpaired) electrons. The Morgan fingerprint density at radius 1 is 0.494 bits per heavy atom. The molecule has 0 aliphatic heterocycles. The van der Waals surface area contributed by atoms with Crippen molar-refractivity contribution >= 4 is 24.1 Å². The van der Waals surface area contributed by atoms with Crippen molar-refractivity contribution in [2.24, 2.45) is 104 Å². The van der Waals surface area contributed by atoms with Crippen LogP contribution < -0.4 is 32.7 Å². The van der Waals surface area contributed by atoms with Gasteiger partial charge in [0.2, 0.25) is 0 Å². The van der Waals surface area contributed by atoms with Crippen molar-refractivity contribution in [1.29, 1.82) is 10.8 Å². The van der Waals surface area contributed by atoms with E-state index in [0.29, 0.717) is 37.0 Å². The number of carbonyl (C=O) groups excluding carboxylic acids is 2. The summed E-state index contributed by atoms with van der Waals surface area (Å²) in [6.07, 6.45) is 36.4. The molecular formula is C73H130N10O4. The summed E-state index contributed by atoms with van der Waals surface area (Å²) >= 11 is 0. The highest BCUT2D eigenvalue weighted by atomic mass is 16.6. The molecule has 16 atom stereocenters. The maximum Gasteiger partial charge on any atom is 0.407 e. The minimum Gasteiger partial charge on any atom is -0.446 e. The average molecular weight is 1210 g/mol. The van der Waals surface area contributed by atoms with Crippen LogP contribution in [0, 0.1) is 103 Å². The third-order valence-corrected chi connectivity index (χ3v) is 25.8. The summed E-state index contributed by atoms with van der Waals surface area (Å²) in [7, 11) is 0. The molecule has 8 aliphatic carbocycles. The van der Waals surface area contributed by atoms with Gasteiger partial charge in [-0.25, -0.2) is 9.59 Å². The van der Waals surface area contributed by atoms with Crippen LogP contribution >= 0.6 is 0 Å². The maximum absolute atomic E-state index is 13.5. The summed E-state index contributed by atoms with van der Waals surface area (Å²) in [5.74, 6) is 9.71. The molecule has 87 heavy (non-hydrogen) atoms. The summed E-state index contributed by atoms with van der Waals surface area (Å²) in [4.78, 5) is 31.9. The molecule has 16 unspecified atom stereocenters. The number of rotatable bonds is 32. The normalized spacial score (nSPS) is 34.1. The van der Waals surface area contributed by atoms with Gasteiger partial charge in [-0.3, -0.25) is 10.8 Å². The highest BCUT2D eigenvalue weighted by Gasteiger charge is 2.61. The molecule has 0 spiro atoms. The lowest BCUT2D eigenvalue weighted by Crippen LogP contribution is -2.51. The fourth-order valence-corrected chi connectivity index (χ4v) is 21.1. The fraction of sp³-hybridized carbons (Fsp3) is 0.890. The molecule has 0 aromatic heterocycles. The molecule has 0 bridgehead atoms. The van der Waals surface area contributed by atoms with Gasteiger partial charge in [-0.2, -0.15) is 0 Å². The monoisotopic (exact) mass is 1210 g/mol. The molecule has 14 heteroatoms. The summed E-state index contributed by atoms with van der Waals surface area (Å²) in [6, 6.07) is 0. The number of amides is 2. The number of alkyl carbamates (subject to hydrolysis) is 2. The van der Waals surface area contributed by atoms with E-state index in [2.05, 4.69) is 112 Å². The van der Waals surface area contributed by atoms with E-state index in [1.807, 2.05) is 0 Å². The van der Waals surface area contributed by atoms with E-state index in [1.165, 1.54) is 103 Å². The molecular weight excluding hydrogens is 1080 g/mol. The molecule has 0 heterocycles. The Bertz CT molecular complexity index is 2140.